The molecule has 3 saturated carbocycles. The summed E-state index contributed by atoms with van der Waals surface area (Å²) in [6.07, 6.45) is 22.2. The molecule has 5 aliphatic rings. The van der Waals surface area contributed by atoms with Crippen molar-refractivity contribution in [2.45, 2.75) is 195 Å². The number of aliphatic hydroxyl groups excluding tert-OH is 1. The Bertz CT molecular complexity index is 1100. The van der Waals surface area contributed by atoms with Crippen LogP contribution in [0.1, 0.15) is 171 Å². The molecule has 1 saturated heterocycles. The molecule has 0 amide bonds. The summed E-state index contributed by atoms with van der Waals surface area (Å²) in [5.41, 5.74) is 1.21. The summed E-state index contributed by atoms with van der Waals surface area (Å²) in [7, 11) is 0. The van der Waals surface area contributed by atoms with E-state index in [1.807, 2.05) is 0 Å². The minimum absolute atomic E-state index is 0.00680. The Morgan fingerprint density at radius 2 is 1.60 bits per heavy atom. The molecule has 1 heterocycles. The largest absolute Gasteiger partial charge is 0.462 e. The van der Waals surface area contributed by atoms with Gasteiger partial charge in [0.2, 0.25) is 0 Å². The second-order valence-electron chi connectivity index (χ2n) is 18.8. The highest BCUT2D eigenvalue weighted by atomic mass is 16.5. The molecule has 5 rings (SSSR count). The molecule has 4 aliphatic carbocycles. The molecule has 2 N–H and O–H groups in total. The van der Waals surface area contributed by atoms with Crippen LogP contribution in [0.3, 0.4) is 0 Å². The Balaban J connectivity index is 1.20. The summed E-state index contributed by atoms with van der Waals surface area (Å²) in [5.74, 6) is 1.97. The van der Waals surface area contributed by atoms with E-state index in [1.54, 1.807) is 19.4 Å². The van der Waals surface area contributed by atoms with E-state index in [0.29, 0.717) is 36.7 Å². The molecule has 5 nitrogen and oxygen atoms in total. The van der Waals surface area contributed by atoms with Crippen molar-refractivity contribution in [3.05, 3.63) is 11.6 Å². The highest BCUT2D eigenvalue weighted by Gasteiger charge is 2.66. The summed E-state index contributed by atoms with van der Waals surface area (Å²) in [6.45, 7) is 18.9. The fraction of sp³-hybridized carbons (Fsp3) is 0.929. The van der Waals surface area contributed by atoms with E-state index in [-0.39, 0.29) is 33.7 Å². The van der Waals surface area contributed by atoms with E-state index in [9.17, 15) is 15.0 Å². The van der Waals surface area contributed by atoms with E-state index in [1.165, 1.54) is 70.6 Å². The van der Waals surface area contributed by atoms with Crippen LogP contribution in [0.2, 0.25) is 0 Å². The maximum absolute atomic E-state index is 13.1. The van der Waals surface area contributed by atoms with Gasteiger partial charge in [-0.2, -0.15) is 0 Å². The van der Waals surface area contributed by atoms with Crippen LogP contribution in [0.15, 0.2) is 11.6 Å². The van der Waals surface area contributed by atoms with Crippen LogP contribution >= 0.6 is 0 Å². The maximum Gasteiger partial charge on any atom is 0.306 e. The molecule has 2 unspecified atom stereocenters. The smallest absolute Gasteiger partial charge is 0.306 e. The highest BCUT2D eigenvalue weighted by molar-refractivity contribution is 5.69. The Morgan fingerprint density at radius 1 is 0.936 bits per heavy atom. The highest BCUT2D eigenvalue weighted by Crippen LogP contribution is 2.73. The van der Waals surface area contributed by atoms with Crippen LogP contribution in [0, 0.1) is 45.3 Å². The Morgan fingerprint density at radius 3 is 2.23 bits per heavy atom. The van der Waals surface area contributed by atoms with Gasteiger partial charge in [-0.05, 0) is 112 Å². The molecule has 4 fully saturated rings. The zero-order valence-electron chi connectivity index (χ0n) is 31.7. The number of hydrogen-bond donors (Lipinski definition) is 2. The first kappa shape index (κ1) is 37.3. The fourth-order valence-electron chi connectivity index (χ4n) is 12.3. The topological polar surface area (TPSA) is 76.0 Å². The molecule has 10 atom stereocenters. The zero-order chi connectivity index (χ0) is 34.3. The summed E-state index contributed by atoms with van der Waals surface area (Å²) >= 11 is 0. The number of rotatable bonds is 13. The number of carbonyl (C=O) groups is 1. The second kappa shape index (κ2) is 14.4. The lowest BCUT2D eigenvalue weighted by molar-refractivity contribution is -0.189. The van der Waals surface area contributed by atoms with Gasteiger partial charge < -0.3 is 19.7 Å². The van der Waals surface area contributed by atoms with Gasteiger partial charge in [-0.15, -0.1) is 0 Å². The van der Waals surface area contributed by atoms with Crippen molar-refractivity contribution in [1.29, 1.82) is 0 Å². The monoisotopic (exact) mass is 657 g/mol. The number of hydrogen-bond acceptors (Lipinski definition) is 5. The van der Waals surface area contributed by atoms with Gasteiger partial charge in [0.15, 0.2) is 0 Å². The van der Waals surface area contributed by atoms with E-state index < -0.39 is 17.8 Å². The van der Waals surface area contributed by atoms with Crippen molar-refractivity contribution in [1.82, 2.24) is 0 Å². The quantitative estimate of drug-likeness (QED) is 0.117. The van der Waals surface area contributed by atoms with Crippen molar-refractivity contribution < 1.29 is 24.5 Å². The number of carbonyl (C=O) groups excluding carboxylic acids is 1. The zero-order valence-corrected chi connectivity index (χ0v) is 31.7. The van der Waals surface area contributed by atoms with Crippen LogP contribution in [-0.4, -0.2) is 46.7 Å². The predicted octanol–water partition coefficient (Wildman–Crippen LogP) is 9.96. The number of unbranched alkanes of at least 4 members (excludes halogenated alkanes) is 8. The number of ether oxygens (including phenoxy) is 2. The lowest BCUT2D eigenvalue weighted by Crippen LogP contribution is -2.59. The molecule has 1 aliphatic heterocycles. The molecule has 0 aromatic heterocycles. The van der Waals surface area contributed by atoms with E-state index in [4.69, 9.17) is 9.47 Å². The van der Waals surface area contributed by atoms with Gasteiger partial charge in [-0.1, -0.05) is 105 Å². The molecule has 0 bridgehead atoms. The average molecular weight is 657 g/mol. The van der Waals surface area contributed by atoms with E-state index in [2.05, 4.69) is 47.6 Å². The number of aliphatic hydroxyl groups is 2. The Labute approximate surface area is 288 Å². The van der Waals surface area contributed by atoms with Crippen molar-refractivity contribution in [2.75, 3.05) is 6.61 Å². The SMILES string of the molecule is CCCCCCCCCCCC(=O)O[C@H]1CC[C@@]2(C)C(CC=C3[C@@H]2CC[C@@]2(C)[C@H](C4CO[C@@H](C(C)(C)O)[C@H](O)C4)CC[C@]32C)C1(C)C. The standard InChI is InChI=1S/C42H72O5/c1-9-10-11-12-13-14-15-16-17-18-36(44)47-35-23-24-40(6)31-22-26-41(7)30(29-27-33(43)37(46-28-29)39(4,5)45)21-25-42(41,8)32(31)19-20-34(40)38(35,2)3/h19,29-31,33-35,37,43,45H,9-18,20-28H2,1-8H3/t29?,30-,31-,33+,34?,35-,37+,40+,41-,42+/m0/s1. The molecule has 0 spiro atoms. The normalized spacial score (nSPS) is 41.4. The molecule has 0 radical (unpaired) electrons. The first-order chi connectivity index (χ1) is 22.1. The molecule has 5 heteroatoms. The van der Waals surface area contributed by atoms with Crippen molar-refractivity contribution in [3.63, 3.8) is 0 Å². The van der Waals surface area contributed by atoms with E-state index >= 15 is 0 Å². The van der Waals surface area contributed by atoms with Gasteiger partial charge in [0.1, 0.15) is 12.2 Å². The lowest BCUT2D eigenvalue weighted by Gasteiger charge is -2.64. The molecular formula is C42H72O5. The maximum atomic E-state index is 13.1. The number of esters is 1. The van der Waals surface area contributed by atoms with Gasteiger partial charge in [-0.25, -0.2) is 0 Å². The van der Waals surface area contributed by atoms with E-state index in [0.717, 1.165) is 38.5 Å². The summed E-state index contributed by atoms with van der Waals surface area (Å²) < 4.78 is 12.5. The van der Waals surface area contributed by atoms with Gasteiger partial charge in [-0.3, -0.25) is 4.79 Å². The van der Waals surface area contributed by atoms with Crippen LogP contribution in [0.4, 0.5) is 0 Å². The summed E-state index contributed by atoms with van der Waals surface area (Å²) in [6, 6.07) is 0. The Kier molecular flexibility index (Phi) is 11.4. The van der Waals surface area contributed by atoms with Crippen molar-refractivity contribution in [3.8, 4) is 0 Å². The molecule has 270 valence electrons. The van der Waals surface area contributed by atoms with Gasteiger partial charge in [0.25, 0.3) is 0 Å². The van der Waals surface area contributed by atoms with Gasteiger partial charge >= 0.3 is 5.97 Å². The summed E-state index contributed by atoms with van der Waals surface area (Å²) in [4.78, 5) is 13.1. The second-order valence-corrected chi connectivity index (χ2v) is 18.8. The van der Waals surface area contributed by atoms with Crippen LogP contribution in [0.25, 0.3) is 0 Å². The average Bonchev–Trinajstić information content (AvgIpc) is 3.28. The molecule has 0 aromatic rings. The minimum atomic E-state index is -1.03. The third-order valence-electron chi connectivity index (χ3n) is 15.2. The van der Waals surface area contributed by atoms with Crippen LogP contribution in [0.5, 0.6) is 0 Å². The van der Waals surface area contributed by atoms with Gasteiger partial charge in [0.05, 0.1) is 18.3 Å². The number of allylic oxidation sites excluding steroid dienone is 2. The van der Waals surface area contributed by atoms with Crippen LogP contribution in [-0.2, 0) is 14.3 Å². The third kappa shape index (κ3) is 7.03. The van der Waals surface area contributed by atoms with Crippen molar-refractivity contribution >= 4 is 5.97 Å². The minimum Gasteiger partial charge on any atom is -0.462 e. The first-order valence-electron chi connectivity index (χ1n) is 20.0. The number of fused-ring (bicyclic) bond motifs is 5. The molecular weight excluding hydrogens is 584 g/mol. The third-order valence-corrected chi connectivity index (χ3v) is 15.2. The molecule has 0 aromatic carbocycles. The first-order valence-corrected chi connectivity index (χ1v) is 20.0. The fourth-order valence-corrected chi connectivity index (χ4v) is 12.3. The summed E-state index contributed by atoms with van der Waals surface area (Å²) in [5, 5.41) is 21.6. The Hall–Kier alpha value is -0.910. The van der Waals surface area contributed by atoms with Crippen LogP contribution < -0.4 is 0 Å². The van der Waals surface area contributed by atoms with Crippen molar-refractivity contribution in [2.24, 2.45) is 45.3 Å². The predicted molar refractivity (Wildman–Crippen MR) is 191 cm³/mol. The lowest BCUT2D eigenvalue weighted by atomic mass is 9.41. The molecule has 47 heavy (non-hydrogen) atoms. The van der Waals surface area contributed by atoms with Gasteiger partial charge in [0, 0.05) is 11.8 Å².